The summed E-state index contributed by atoms with van der Waals surface area (Å²) in [5.74, 6) is -2.61. The highest BCUT2D eigenvalue weighted by Crippen LogP contribution is 2.23. The summed E-state index contributed by atoms with van der Waals surface area (Å²) in [7, 11) is 0. The van der Waals surface area contributed by atoms with Crippen molar-refractivity contribution in [2.75, 3.05) is 6.54 Å². The molecule has 220 valence electrons. The number of amides is 3. The molecule has 3 heterocycles. The lowest BCUT2D eigenvalue weighted by Gasteiger charge is -2.35. The Morgan fingerprint density at radius 3 is 2.41 bits per heavy atom. The summed E-state index contributed by atoms with van der Waals surface area (Å²) in [6.07, 6.45) is 5.73. The summed E-state index contributed by atoms with van der Waals surface area (Å²) < 4.78 is 5.68. The number of hydrazine groups is 1. The van der Waals surface area contributed by atoms with Crippen LogP contribution in [0.3, 0.4) is 0 Å². The van der Waals surface area contributed by atoms with Gasteiger partial charge in [0.1, 0.15) is 12.1 Å². The van der Waals surface area contributed by atoms with Crippen molar-refractivity contribution in [2.45, 2.75) is 78.6 Å². The summed E-state index contributed by atoms with van der Waals surface area (Å²) in [5.41, 5.74) is 4.72. The fourth-order valence-corrected chi connectivity index (χ4v) is 5.02. The summed E-state index contributed by atoms with van der Waals surface area (Å²) >= 11 is 0. The van der Waals surface area contributed by atoms with Crippen molar-refractivity contribution in [2.24, 2.45) is 17.8 Å². The second kappa shape index (κ2) is 12.8. The van der Waals surface area contributed by atoms with E-state index >= 15 is 0 Å². The lowest BCUT2D eigenvalue weighted by Crippen LogP contribution is -2.61. The number of carbonyl (C=O) groups is 4. The maximum atomic E-state index is 13.2. The van der Waals surface area contributed by atoms with Gasteiger partial charge in [0.25, 0.3) is 11.8 Å². The van der Waals surface area contributed by atoms with Gasteiger partial charge in [0.05, 0.1) is 17.7 Å². The minimum absolute atomic E-state index is 0.186. The number of esters is 1. The van der Waals surface area contributed by atoms with Crippen molar-refractivity contribution in [1.29, 1.82) is 0 Å². The molecule has 1 fully saturated rings. The van der Waals surface area contributed by atoms with E-state index in [1.54, 1.807) is 33.9 Å². The molecule has 41 heavy (non-hydrogen) atoms. The standard InChI is InChI=1S/C31H41N5O5/c1-17(2)27-29(38)34-21(6)30(39)36-13-7-8-26(35-36)28(37)33-20(5)22-10-11-23-16-32-25(15-24(23)14-22)12-9-18(3)19(4)31(40)41-27/h9-12,14-21,26-27,35H,7-8,13H2,1-6H3,(H,33,37)(H,34,38). The number of nitrogens with one attached hydrogen (secondary N) is 3. The monoisotopic (exact) mass is 563 g/mol. The minimum Gasteiger partial charge on any atom is -0.452 e. The molecule has 6 unspecified atom stereocenters. The van der Waals surface area contributed by atoms with E-state index in [4.69, 9.17) is 4.74 Å². The maximum absolute atomic E-state index is 13.2. The zero-order chi connectivity index (χ0) is 29.8. The molecule has 0 spiro atoms. The Bertz CT molecular complexity index is 1340. The highest BCUT2D eigenvalue weighted by atomic mass is 16.5. The van der Waals surface area contributed by atoms with Gasteiger partial charge in [-0.1, -0.05) is 45.9 Å². The highest BCUT2D eigenvalue weighted by Gasteiger charge is 2.34. The molecule has 2 aliphatic rings. The van der Waals surface area contributed by atoms with Crippen LogP contribution < -0.4 is 16.1 Å². The van der Waals surface area contributed by atoms with Gasteiger partial charge in [0.2, 0.25) is 5.91 Å². The number of pyridine rings is 1. The van der Waals surface area contributed by atoms with Crippen molar-refractivity contribution < 1.29 is 23.9 Å². The lowest BCUT2D eigenvalue weighted by molar-refractivity contribution is -0.163. The first-order valence-electron chi connectivity index (χ1n) is 14.4. The molecule has 0 radical (unpaired) electrons. The Kier molecular flexibility index (Phi) is 9.42. The Morgan fingerprint density at radius 1 is 0.951 bits per heavy atom. The fraction of sp³-hybridized carbons (Fsp3) is 0.516. The fourth-order valence-electron chi connectivity index (χ4n) is 5.02. The summed E-state index contributed by atoms with van der Waals surface area (Å²) in [4.78, 5) is 57.1. The minimum atomic E-state index is -1.06. The summed E-state index contributed by atoms with van der Waals surface area (Å²) in [6, 6.07) is 6.21. The van der Waals surface area contributed by atoms with Crippen molar-refractivity contribution in [3.8, 4) is 0 Å². The molecule has 3 N–H and O–H groups in total. The van der Waals surface area contributed by atoms with Gasteiger partial charge < -0.3 is 15.4 Å². The Morgan fingerprint density at radius 2 is 1.68 bits per heavy atom. The number of cyclic esters (lactones) is 1. The molecule has 1 aromatic carbocycles. The van der Waals surface area contributed by atoms with Gasteiger partial charge in [-0.2, -0.15) is 0 Å². The smallest absolute Gasteiger partial charge is 0.310 e. The molecule has 2 aliphatic heterocycles. The molecule has 0 saturated carbocycles. The SMILES string of the molecule is CC1NC(=O)C(C(C)C)OC(=O)C(C)C(C)C=Cc2cc3cc(ccc3cn2)C(C)NC(=O)C2CCCN(N2)C1=O. The summed E-state index contributed by atoms with van der Waals surface area (Å²) in [5, 5.41) is 9.12. The predicted octanol–water partition coefficient (Wildman–Crippen LogP) is 3.28. The third-order valence-electron chi connectivity index (χ3n) is 7.96. The first kappa shape index (κ1) is 30.2. The van der Waals surface area contributed by atoms with Crippen LogP contribution in [0.4, 0.5) is 0 Å². The van der Waals surface area contributed by atoms with Crippen LogP contribution in [0.2, 0.25) is 0 Å². The van der Waals surface area contributed by atoms with E-state index in [-0.39, 0.29) is 29.7 Å². The average molecular weight is 564 g/mol. The molecule has 1 saturated heterocycles. The summed E-state index contributed by atoms with van der Waals surface area (Å²) in [6.45, 7) is 11.2. The molecule has 10 nitrogen and oxygen atoms in total. The number of carbonyl (C=O) groups excluding carboxylic acids is 4. The molecule has 10 heteroatoms. The van der Waals surface area contributed by atoms with Crippen LogP contribution in [0.15, 0.2) is 36.5 Å². The van der Waals surface area contributed by atoms with E-state index in [0.717, 1.165) is 22.0 Å². The Hall–Kier alpha value is -3.79. The van der Waals surface area contributed by atoms with Gasteiger partial charge in [-0.25, -0.2) is 5.43 Å². The number of hydrogen-bond donors (Lipinski definition) is 3. The molecular formula is C31H41N5O5. The quantitative estimate of drug-likeness (QED) is 0.454. The number of hydrogen-bond acceptors (Lipinski definition) is 7. The van der Waals surface area contributed by atoms with Crippen LogP contribution in [-0.4, -0.2) is 58.4 Å². The Labute approximate surface area is 241 Å². The van der Waals surface area contributed by atoms with E-state index in [2.05, 4.69) is 21.0 Å². The van der Waals surface area contributed by atoms with Crippen molar-refractivity contribution in [3.05, 3.63) is 47.8 Å². The number of ether oxygens (including phenoxy) is 1. The molecular weight excluding hydrogens is 522 g/mol. The zero-order valence-electron chi connectivity index (χ0n) is 24.6. The van der Waals surface area contributed by atoms with Crippen LogP contribution in [-0.2, 0) is 23.9 Å². The van der Waals surface area contributed by atoms with Gasteiger partial charge in [-0.05, 0) is 67.7 Å². The largest absolute Gasteiger partial charge is 0.452 e. The second-order valence-corrected chi connectivity index (χ2v) is 11.6. The number of aromatic nitrogens is 1. The van der Waals surface area contributed by atoms with Gasteiger partial charge in [0.15, 0.2) is 6.10 Å². The normalized spacial score (nSPS) is 28.7. The van der Waals surface area contributed by atoms with Crippen molar-refractivity contribution in [3.63, 3.8) is 0 Å². The van der Waals surface area contributed by atoms with Crippen molar-refractivity contribution >= 4 is 40.5 Å². The number of fused-ring (bicyclic) bond motifs is 4. The van der Waals surface area contributed by atoms with E-state index in [0.29, 0.717) is 19.4 Å². The number of nitrogens with zero attached hydrogens (tertiary/aromatic N) is 2. The zero-order valence-corrected chi connectivity index (χ0v) is 24.6. The van der Waals surface area contributed by atoms with Gasteiger partial charge in [0, 0.05) is 18.1 Å². The number of rotatable bonds is 1. The average Bonchev–Trinajstić information content (AvgIpc) is 2.96. The van der Waals surface area contributed by atoms with E-state index in [1.165, 1.54) is 5.01 Å². The Balaban J connectivity index is 1.66. The molecule has 2 aromatic rings. The molecule has 5 bridgehead atoms. The molecule has 4 rings (SSSR count). The first-order valence-corrected chi connectivity index (χ1v) is 14.4. The molecule has 0 aliphatic carbocycles. The first-order chi connectivity index (χ1) is 19.4. The van der Waals surface area contributed by atoms with Crippen LogP contribution >= 0.6 is 0 Å². The molecule has 3 amide bonds. The van der Waals surface area contributed by atoms with Crippen LogP contribution in [0.1, 0.15) is 71.7 Å². The van der Waals surface area contributed by atoms with E-state index in [9.17, 15) is 19.2 Å². The highest BCUT2D eigenvalue weighted by molar-refractivity contribution is 5.91. The lowest BCUT2D eigenvalue weighted by atomic mass is 9.95. The predicted molar refractivity (Wildman–Crippen MR) is 156 cm³/mol. The van der Waals surface area contributed by atoms with E-state index in [1.807, 2.05) is 50.3 Å². The van der Waals surface area contributed by atoms with Crippen molar-refractivity contribution in [1.82, 2.24) is 26.1 Å². The number of benzene rings is 1. The van der Waals surface area contributed by atoms with Gasteiger partial charge in [-0.15, -0.1) is 0 Å². The van der Waals surface area contributed by atoms with Crippen LogP contribution in [0.25, 0.3) is 16.8 Å². The van der Waals surface area contributed by atoms with Gasteiger partial charge >= 0.3 is 5.97 Å². The third-order valence-corrected chi connectivity index (χ3v) is 7.96. The van der Waals surface area contributed by atoms with Crippen LogP contribution in [0, 0.1) is 17.8 Å². The topological polar surface area (TPSA) is 130 Å². The third kappa shape index (κ3) is 7.11. The molecule has 6 atom stereocenters. The number of allylic oxidation sites excluding steroid dienone is 1. The van der Waals surface area contributed by atoms with Crippen LogP contribution in [0.5, 0.6) is 0 Å². The van der Waals surface area contributed by atoms with Gasteiger partial charge in [-0.3, -0.25) is 29.2 Å². The molecule has 1 aromatic heterocycles. The van der Waals surface area contributed by atoms with E-state index < -0.39 is 36.0 Å². The maximum Gasteiger partial charge on any atom is 0.310 e. The second-order valence-electron chi connectivity index (χ2n) is 11.6.